The first-order chi connectivity index (χ1) is 16.4. The van der Waals surface area contributed by atoms with Crippen LogP contribution in [-0.2, 0) is 6.42 Å². The van der Waals surface area contributed by atoms with Crippen molar-refractivity contribution in [1.82, 2.24) is 0 Å². The van der Waals surface area contributed by atoms with Crippen LogP contribution in [0.15, 0.2) is 30.4 Å². The second-order valence-electron chi connectivity index (χ2n) is 11.8. The molecule has 2 fully saturated rings. The van der Waals surface area contributed by atoms with Crippen molar-refractivity contribution in [2.45, 2.75) is 115 Å². The van der Waals surface area contributed by atoms with Gasteiger partial charge in [0.1, 0.15) is 11.9 Å². The predicted octanol–water partition coefficient (Wildman–Crippen LogP) is 7.19. The Morgan fingerprint density at radius 3 is 2.54 bits per heavy atom. The number of hydrogen-bond acceptors (Lipinski definition) is 3. The van der Waals surface area contributed by atoms with Crippen molar-refractivity contribution in [3.8, 4) is 5.75 Å². The molecule has 3 aliphatic carbocycles. The van der Waals surface area contributed by atoms with Crippen molar-refractivity contribution in [2.24, 2.45) is 16.7 Å². The lowest BCUT2D eigenvalue weighted by Gasteiger charge is -2.59. The molecule has 35 heavy (non-hydrogen) atoms. The minimum atomic E-state index is -4.52. The van der Waals surface area contributed by atoms with Crippen LogP contribution in [0.1, 0.15) is 102 Å². The van der Waals surface area contributed by atoms with Crippen LogP contribution in [0.3, 0.4) is 0 Å². The average molecular weight is 495 g/mol. The van der Waals surface area contributed by atoms with Gasteiger partial charge in [0.25, 0.3) is 0 Å². The highest BCUT2D eigenvalue weighted by Crippen LogP contribution is 2.70. The summed E-state index contributed by atoms with van der Waals surface area (Å²) in [7, 11) is 0. The zero-order chi connectivity index (χ0) is 25.5. The summed E-state index contributed by atoms with van der Waals surface area (Å²) in [6.07, 6.45) is 7.27. The Bertz CT molecular complexity index is 924. The summed E-state index contributed by atoms with van der Waals surface area (Å²) in [6.45, 7) is 4.29. The van der Waals surface area contributed by atoms with Crippen molar-refractivity contribution in [2.75, 3.05) is 0 Å². The number of aryl methyl sites for hydroxylation is 1. The third kappa shape index (κ3) is 4.90. The zero-order valence-electron chi connectivity index (χ0n) is 21.1. The van der Waals surface area contributed by atoms with E-state index in [4.69, 9.17) is 5.11 Å². The van der Waals surface area contributed by atoms with Gasteiger partial charge < -0.3 is 15.3 Å². The molecule has 0 aliphatic heterocycles. The maximum absolute atomic E-state index is 12.4. The van der Waals surface area contributed by atoms with Crippen molar-refractivity contribution < 1.29 is 28.5 Å². The van der Waals surface area contributed by atoms with E-state index in [1.54, 1.807) is 6.07 Å². The lowest BCUT2D eigenvalue weighted by Crippen LogP contribution is -2.54. The van der Waals surface area contributed by atoms with Crippen LogP contribution in [-0.4, -0.2) is 33.2 Å². The van der Waals surface area contributed by atoms with E-state index in [1.165, 1.54) is 11.1 Å². The Balaban J connectivity index is 1.45. The molecule has 0 aromatic heterocycles. The standard InChI is InChI=1S/C29H41F3O3/c1-26-16-13-23-22-11-10-21(33)19-20(22)12-18-28(23,24(26)14-17-27(26,2)35)15-8-6-4-3-5-7-9-25(34)29(30,31)32/h8,10-11,15,19,23-25,33-35H,3-7,9,12-14,16-18H2,1-2H3/t23-,24-,25-,26+,27+,28?/m1/s1. The van der Waals surface area contributed by atoms with Gasteiger partial charge in [-0.15, -0.1) is 0 Å². The number of alkyl halides is 3. The average Bonchev–Trinajstić information content (AvgIpc) is 3.04. The lowest BCUT2D eigenvalue weighted by atomic mass is 9.46. The molecule has 196 valence electrons. The van der Waals surface area contributed by atoms with Crippen LogP contribution in [0.5, 0.6) is 5.75 Å². The summed E-state index contributed by atoms with van der Waals surface area (Å²) in [4.78, 5) is 0. The van der Waals surface area contributed by atoms with Crippen molar-refractivity contribution >= 4 is 0 Å². The number of hydrogen-bond donors (Lipinski definition) is 3. The molecule has 0 heterocycles. The third-order valence-electron chi connectivity index (χ3n) is 9.90. The number of phenols is 1. The Morgan fingerprint density at radius 2 is 1.80 bits per heavy atom. The summed E-state index contributed by atoms with van der Waals surface area (Å²) in [5, 5.41) is 30.5. The number of fused-ring (bicyclic) bond motifs is 5. The van der Waals surface area contributed by atoms with Gasteiger partial charge in [0.05, 0.1) is 5.60 Å². The fourth-order valence-electron chi connectivity index (χ4n) is 7.69. The number of aliphatic hydroxyl groups is 2. The van der Waals surface area contributed by atoms with Crippen LogP contribution >= 0.6 is 0 Å². The molecule has 6 heteroatoms. The number of benzene rings is 1. The molecule has 1 unspecified atom stereocenters. The van der Waals surface area contributed by atoms with Gasteiger partial charge in [-0.2, -0.15) is 13.2 Å². The molecule has 2 saturated carbocycles. The Labute approximate surface area is 207 Å². The topological polar surface area (TPSA) is 60.7 Å². The van der Waals surface area contributed by atoms with E-state index >= 15 is 0 Å². The van der Waals surface area contributed by atoms with Gasteiger partial charge >= 0.3 is 6.18 Å². The molecule has 1 aromatic rings. The number of phenolic OH excluding ortho intramolecular Hbond substituents is 1. The van der Waals surface area contributed by atoms with Gasteiger partial charge in [-0.1, -0.05) is 44.4 Å². The van der Waals surface area contributed by atoms with Gasteiger partial charge in [0.15, 0.2) is 0 Å². The highest BCUT2D eigenvalue weighted by molar-refractivity contribution is 5.43. The fourth-order valence-corrected chi connectivity index (χ4v) is 7.69. The van der Waals surface area contributed by atoms with Crippen molar-refractivity contribution in [1.29, 1.82) is 0 Å². The van der Waals surface area contributed by atoms with Crippen LogP contribution in [0.4, 0.5) is 13.2 Å². The summed E-state index contributed by atoms with van der Waals surface area (Å²) in [5.74, 6) is 1.09. The molecule has 3 aliphatic rings. The maximum atomic E-state index is 12.4. The smallest absolute Gasteiger partial charge is 0.414 e. The number of halogens is 3. The lowest BCUT2D eigenvalue weighted by molar-refractivity contribution is -0.205. The molecule has 0 saturated heterocycles. The summed E-state index contributed by atoms with van der Waals surface area (Å²) in [6, 6.07) is 5.81. The largest absolute Gasteiger partial charge is 0.508 e. The summed E-state index contributed by atoms with van der Waals surface area (Å²) >= 11 is 0. The van der Waals surface area contributed by atoms with Gasteiger partial charge in [-0.25, -0.2) is 0 Å². The van der Waals surface area contributed by atoms with Crippen LogP contribution in [0.2, 0.25) is 0 Å². The summed E-state index contributed by atoms with van der Waals surface area (Å²) < 4.78 is 37.3. The summed E-state index contributed by atoms with van der Waals surface area (Å²) in [5.41, 5.74) is 1.78. The molecular formula is C29H41F3O3. The maximum Gasteiger partial charge on any atom is 0.414 e. The van der Waals surface area contributed by atoms with E-state index in [2.05, 4.69) is 25.1 Å². The second-order valence-corrected chi connectivity index (χ2v) is 11.8. The van der Waals surface area contributed by atoms with Crippen LogP contribution < -0.4 is 0 Å². The minimum absolute atomic E-state index is 0.0196. The Kier molecular flexibility index (Phi) is 7.38. The second kappa shape index (κ2) is 9.74. The van der Waals surface area contributed by atoms with E-state index in [1.807, 2.05) is 13.0 Å². The number of aromatic hydroxyl groups is 1. The normalized spacial score (nSPS) is 35.5. The molecule has 3 N–H and O–H groups in total. The number of allylic oxidation sites excluding steroid dienone is 2. The van der Waals surface area contributed by atoms with Crippen molar-refractivity contribution in [3.63, 3.8) is 0 Å². The molecular weight excluding hydrogens is 453 g/mol. The van der Waals surface area contributed by atoms with Gasteiger partial charge in [0.2, 0.25) is 0 Å². The first-order valence-corrected chi connectivity index (χ1v) is 13.4. The fraction of sp³-hybridized carbons (Fsp3) is 0.724. The van der Waals surface area contributed by atoms with E-state index in [-0.39, 0.29) is 17.3 Å². The Hall–Kier alpha value is -1.53. The van der Waals surface area contributed by atoms with E-state index in [0.29, 0.717) is 30.4 Å². The molecule has 0 radical (unpaired) electrons. The molecule has 3 nitrogen and oxygen atoms in total. The predicted molar refractivity (Wildman–Crippen MR) is 131 cm³/mol. The van der Waals surface area contributed by atoms with Gasteiger partial charge in [-0.3, -0.25) is 0 Å². The highest BCUT2D eigenvalue weighted by Gasteiger charge is 2.64. The van der Waals surface area contributed by atoms with E-state index in [0.717, 1.165) is 57.8 Å². The van der Waals surface area contributed by atoms with E-state index < -0.39 is 17.9 Å². The SMILES string of the molecule is C[C@]1(O)CC[C@H]2C3(C=CCCCCCC[C@@H](O)C(F)(F)F)CCc4cc(O)ccc4[C@H]3CC[C@@]21C. The minimum Gasteiger partial charge on any atom is -0.508 e. The first-order valence-electron chi connectivity index (χ1n) is 13.4. The van der Waals surface area contributed by atoms with E-state index in [9.17, 15) is 23.4 Å². The third-order valence-corrected chi connectivity index (χ3v) is 9.90. The van der Waals surface area contributed by atoms with Crippen molar-refractivity contribution in [3.05, 3.63) is 41.5 Å². The first kappa shape index (κ1) is 26.5. The van der Waals surface area contributed by atoms with Crippen LogP contribution in [0, 0.1) is 16.7 Å². The zero-order valence-corrected chi connectivity index (χ0v) is 21.1. The highest BCUT2D eigenvalue weighted by atomic mass is 19.4. The molecule has 0 amide bonds. The number of unbranched alkanes of at least 4 members (excludes halogenated alkanes) is 4. The molecule has 4 rings (SSSR count). The molecule has 0 spiro atoms. The number of aliphatic hydroxyl groups excluding tert-OH is 1. The Morgan fingerprint density at radius 1 is 1.06 bits per heavy atom. The van der Waals surface area contributed by atoms with Gasteiger partial charge in [-0.05, 0) is 111 Å². The number of rotatable bonds is 8. The van der Waals surface area contributed by atoms with Crippen LogP contribution in [0.25, 0.3) is 0 Å². The monoisotopic (exact) mass is 494 g/mol. The molecule has 1 aromatic carbocycles. The quantitative estimate of drug-likeness (QED) is 0.265. The molecule has 0 bridgehead atoms. The molecule has 6 atom stereocenters. The van der Waals surface area contributed by atoms with Gasteiger partial charge in [0, 0.05) is 0 Å².